The molecule has 4 heterocycles. The first-order valence-corrected chi connectivity index (χ1v) is 22.3. The van der Waals surface area contributed by atoms with Gasteiger partial charge in [0.05, 0.1) is 47.2 Å². The molecule has 12 heteroatoms. The molecule has 2 aliphatic rings. The highest BCUT2D eigenvalue weighted by Crippen LogP contribution is 2.42. The van der Waals surface area contributed by atoms with Gasteiger partial charge in [0.25, 0.3) is 0 Å². The number of nitrogens with zero attached hydrogens (tertiary/aromatic N) is 4. The van der Waals surface area contributed by atoms with Crippen molar-refractivity contribution in [3.63, 3.8) is 0 Å². The van der Waals surface area contributed by atoms with Crippen LogP contribution in [-0.2, 0) is 31.7 Å². The van der Waals surface area contributed by atoms with Crippen LogP contribution in [0.15, 0.2) is 30.5 Å². The van der Waals surface area contributed by atoms with Crippen LogP contribution >= 0.6 is 0 Å². The maximum atomic E-state index is 12.9. The summed E-state index contributed by atoms with van der Waals surface area (Å²) in [6, 6.07) is 9.71. The number of pyridine rings is 1. The maximum Gasteiger partial charge on any atom is 0.494 e. The molecule has 0 saturated carbocycles. The average Bonchev–Trinajstić information content (AvgIpc) is 3.50. The zero-order chi connectivity index (χ0) is 37.5. The molecule has 2 saturated heterocycles. The van der Waals surface area contributed by atoms with Gasteiger partial charge in [-0.25, -0.2) is 4.79 Å². The standard InChI is InChI=1S/C39H61BN4O6Si/c1-13-44-33-15-14-28(40-49-38(5,6)39(7,8)50-40)22-30(33)32(24-37(3,4)26-45)35(44)31-23-29(25-41-34(31)27(2)47-9)42-16-18-43(19-17-42)36(46)48-20-21-51(10,11)12/h14-15,22-23,25,27,45H,13,16-21,24,26H2,1-12H3/t27-/m0/s1. The molecule has 2 fully saturated rings. The number of carbonyl (C=O) groups is 1. The quantitative estimate of drug-likeness (QED) is 0.202. The molecule has 1 amide bonds. The fraction of sp³-hybridized carbons (Fsp3) is 0.641. The average molecular weight is 721 g/mol. The van der Waals surface area contributed by atoms with Gasteiger partial charge in [-0.3, -0.25) is 4.98 Å². The summed E-state index contributed by atoms with van der Waals surface area (Å²) in [4.78, 5) is 22.0. The summed E-state index contributed by atoms with van der Waals surface area (Å²) >= 11 is 0. The summed E-state index contributed by atoms with van der Waals surface area (Å²) in [6.07, 6.45) is 2.11. The molecule has 0 aliphatic carbocycles. The largest absolute Gasteiger partial charge is 0.494 e. The molecule has 0 radical (unpaired) electrons. The van der Waals surface area contributed by atoms with E-state index in [1.54, 1.807) is 7.11 Å². The van der Waals surface area contributed by atoms with Crippen LogP contribution in [0.5, 0.6) is 0 Å². The van der Waals surface area contributed by atoms with Gasteiger partial charge < -0.3 is 38.3 Å². The van der Waals surface area contributed by atoms with Crippen LogP contribution < -0.4 is 10.4 Å². The molecule has 5 rings (SSSR count). The van der Waals surface area contributed by atoms with Gasteiger partial charge in [-0.05, 0) is 82.6 Å². The molecule has 1 atom stereocenters. The second-order valence-electron chi connectivity index (χ2n) is 17.3. The number of hydrogen-bond donors (Lipinski definition) is 1. The highest BCUT2D eigenvalue weighted by atomic mass is 28.3. The van der Waals surface area contributed by atoms with E-state index in [2.05, 4.69) is 102 Å². The Balaban J connectivity index is 1.56. The Hall–Kier alpha value is -2.90. The van der Waals surface area contributed by atoms with Crippen molar-refractivity contribution in [3.8, 4) is 11.3 Å². The van der Waals surface area contributed by atoms with Crippen molar-refractivity contribution in [1.82, 2.24) is 14.5 Å². The Kier molecular flexibility index (Phi) is 11.4. The number of hydrogen-bond acceptors (Lipinski definition) is 8. The lowest BCUT2D eigenvalue weighted by Crippen LogP contribution is -2.49. The van der Waals surface area contributed by atoms with Gasteiger partial charge >= 0.3 is 13.2 Å². The van der Waals surface area contributed by atoms with Crippen LogP contribution in [0, 0.1) is 5.41 Å². The zero-order valence-corrected chi connectivity index (χ0v) is 34.2. The third kappa shape index (κ3) is 8.35. The van der Waals surface area contributed by atoms with E-state index >= 15 is 0 Å². The van der Waals surface area contributed by atoms with E-state index in [4.69, 9.17) is 23.8 Å². The summed E-state index contributed by atoms with van der Waals surface area (Å²) in [5, 5.41) is 11.6. The van der Waals surface area contributed by atoms with Crippen molar-refractivity contribution in [3.05, 3.63) is 41.7 Å². The van der Waals surface area contributed by atoms with E-state index in [1.807, 2.05) is 18.0 Å². The van der Waals surface area contributed by atoms with Crippen LogP contribution in [0.25, 0.3) is 22.2 Å². The SMILES string of the molecule is CCn1c(-c2cc(N3CCN(C(=O)OCC[Si](C)(C)C)CC3)cnc2[C@H](C)OC)c(CC(C)(C)CO)c2cc(B3OC(C)(C)C(C)(C)O3)ccc21. The fourth-order valence-electron chi connectivity index (χ4n) is 6.86. The molecule has 51 heavy (non-hydrogen) atoms. The molecular formula is C39H61BN4O6Si. The van der Waals surface area contributed by atoms with Gasteiger partial charge in [-0.2, -0.15) is 0 Å². The van der Waals surface area contributed by atoms with E-state index in [1.165, 1.54) is 0 Å². The van der Waals surface area contributed by atoms with Crippen LogP contribution in [0.2, 0.25) is 25.7 Å². The number of aromatic nitrogens is 2. The number of anilines is 1. The molecule has 280 valence electrons. The fourth-order valence-corrected chi connectivity index (χ4v) is 7.58. The molecule has 1 aromatic carbocycles. The zero-order valence-electron chi connectivity index (χ0n) is 33.2. The van der Waals surface area contributed by atoms with Gasteiger partial charge in [0, 0.05) is 71.0 Å². The third-order valence-corrected chi connectivity index (χ3v) is 12.7. The molecule has 0 unspecified atom stereocenters. The van der Waals surface area contributed by atoms with Gasteiger partial charge in [0.2, 0.25) is 0 Å². The molecule has 2 aliphatic heterocycles. The van der Waals surface area contributed by atoms with E-state index in [0.29, 0.717) is 39.2 Å². The Morgan fingerprint density at radius 3 is 2.29 bits per heavy atom. The van der Waals surface area contributed by atoms with Gasteiger partial charge in [0.1, 0.15) is 0 Å². The monoisotopic (exact) mass is 720 g/mol. The highest BCUT2D eigenvalue weighted by Gasteiger charge is 2.51. The number of methoxy groups -OCH3 is 1. The summed E-state index contributed by atoms with van der Waals surface area (Å²) < 4.78 is 26.9. The second-order valence-corrected chi connectivity index (χ2v) is 23.0. The predicted molar refractivity (Wildman–Crippen MR) is 210 cm³/mol. The lowest BCUT2D eigenvalue weighted by molar-refractivity contribution is 0.00578. The van der Waals surface area contributed by atoms with Crippen molar-refractivity contribution >= 4 is 43.3 Å². The number of ether oxygens (including phenoxy) is 2. The number of carbonyl (C=O) groups excluding carboxylic acids is 1. The van der Waals surface area contributed by atoms with Crippen LogP contribution in [0.1, 0.15) is 72.8 Å². The first-order valence-electron chi connectivity index (χ1n) is 18.6. The number of aliphatic hydroxyl groups excluding tert-OH is 1. The minimum absolute atomic E-state index is 0.0482. The number of aryl methyl sites for hydroxylation is 1. The van der Waals surface area contributed by atoms with Crippen LogP contribution in [0.4, 0.5) is 10.5 Å². The third-order valence-electron chi connectivity index (χ3n) is 11.0. The lowest BCUT2D eigenvalue weighted by Gasteiger charge is -2.36. The normalized spacial score (nSPS) is 18.5. The number of piperazine rings is 1. The molecule has 3 aromatic rings. The first-order chi connectivity index (χ1) is 23.8. The van der Waals surface area contributed by atoms with Gasteiger partial charge in [-0.15, -0.1) is 0 Å². The van der Waals surface area contributed by atoms with Crippen LogP contribution in [-0.4, -0.2) is 98.5 Å². The summed E-state index contributed by atoms with van der Waals surface area (Å²) in [5.41, 5.74) is 5.90. The molecule has 0 bridgehead atoms. The van der Waals surface area contributed by atoms with E-state index in [9.17, 15) is 9.90 Å². The van der Waals surface area contributed by atoms with E-state index < -0.39 is 26.4 Å². The smallest absolute Gasteiger partial charge is 0.450 e. The Morgan fingerprint density at radius 1 is 1.08 bits per heavy atom. The number of aliphatic hydroxyl groups is 1. The Bertz CT molecular complexity index is 1690. The second kappa shape index (κ2) is 14.9. The Labute approximate surface area is 306 Å². The van der Waals surface area contributed by atoms with Gasteiger partial charge in [-0.1, -0.05) is 45.6 Å². The topological polar surface area (TPSA) is 98.5 Å². The molecule has 2 aromatic heterocycles. The minimum Gasteiger partial charge on any atom is -0.450 e. The predicted octanol–water partition coefficient (Wildman–Crippen LogP) is 6.89. The van der Waals surface area contributed by atoms with E-state index in [-0.39, 0.29) is 24.2 Å². The summed E-state index contributed by atoms with van der Waals surface area (Å²) in [6.45, 7) is 27.4. The number of rotatable bonds is 12. The number of fused-ring (bicyclic) bond motifs is 1. The van der Waals surface area contributed by atoms with E-state index in [0.717, 1.165) is 57.2 Å². The van der Waals surface area contributed by atoms with Gasteiger partial charge in [0.15, 0.2) is 0 Å². The Morgan fingerprint density at radius 2 is 1.73 bits per heavy atom. The molecule has 10 nitrogen and oxygen atoms in total. The van der Waals surface area contributed by atoms with Crippen molar-refractivity contribution < 1.29 is 28.7 Å². The maximum absolute atomic E-state index is 12.9. The van der Waals surface area contributed by atoms with Crippen molar-refractivity contribution in [1.29, 1.82) is 0 Å². The van der Waals surface area contributed by atoms with Crippen molar-refractivity contribution in [2.75, 3.05) is 51.4 Å². The molecule has 0 spiro atoms. The summed E-state index contributed by atoms with van der Waals surface area (Å²) in [7, 11) is -0.0534. The lowest BCUT2D eigenvalue weighted by atomic mass is 9.77. The van der Waals surface area contributed by atoms with Crippen molar-refractivity contribution in [2.45, 2.75) is 111 Å². The number of amides is 1. The molecular weight excluding hydrogens is 659 g/mol. The number of benzene rings is 1. The van der Waals surface area contributed by atoms with Crippen molar-refractivity contribution in [2.24, 2.45) is 5.41 Å². The van der Waals surface area contributed by atoms with Crippen LogP contribution in [0.3, 0.4) is 0 Å². The highest BCUT2D eigenvalue weighted by molar-refractivity contribution is 6.76. The minimum atomic E-state index is -1.28. The first kappa shape index (κ1) is 39.3. The molecule has 1 N–H and O–H groups in total. The summed E-state index contributed by atoms with van der Waals surface area (Å²) in [5.74, 6) is 0.